The van der Waals surface area contributed by atoms with Crippen molar-refractivity contribution in [3.63, 3.8) is 0 Å². The number of carbonyl (C=O) groups is 1. The lowest BCUT2D eigenvalue weighted by molar-refractivity contribution is -0.254. The van der Waals surface area contributed by atoms with Gasteiger partial charge in [0.2, 0.25) is 0 Å². The maximum absolute atomic E-state index is 11.4. The molecule has 0 saturated carbocycles. The summed E-state index contributed by atoms with van der Waals surface area (Å²) in [5.74, 6) is -1.20. The predicted molar refractivity (Wildman–Crippen MR) is 77.7 cm³/mol. The van der Waals surface area contributed by atoms with Gasteiger partial charge in [-0.05, 0) is 26.0 Å². The molecule has 0 spiro atoms. The van der Waals surface area contributed by atoms with E-state index in [9.17, 15) is 9.90 Å². The molecule has 106 valence electrons. The Bertz CT molecular complexity index is 837. The molecule has 5 heteroatoms. The number of hydrogen-bond donors (Lipinski definition) is 0. The molecule has 2 heterocycles. The second-order valence-electron chi connectivity index (χ2n) is 4.82. The third-order valence-electron chi connectivity index (χ3n) is 3.61. The van der Waals surface area contributed by atoms with Crippen molar-refractivity contribution in [2.75, 3.05) is 0 Å². The minimum atomic E-state index is -1.20. The third-order valence-corrected chi connectivity index (χ3v) is 3.61. The molecule has 0 atom stereocenters. The van der Waals surface area contributed by atoms with Gasteiger partial charge >= 0.3 is 0 Å². The number of para-hydroxylation sites is 1. The Kier molecular flexibility index (Phi) is 3.17. The SMILES string of the molecule is CCn1ncc(-c2cc(C(=O)[O-])c3ccccc3n2)c1C. The fourth-order valence-corrected chi connectivity index (χ4v) is 2.50. The van der Waals surface area contributed by atoms with Crippen molar-refractivity contribution in [2.45, 2.75) is 20.4 Å². The maximum Gasteiger partial charge on any atom is 0.0750 e. The second kappa shape index (κ2) is 5.01. The zero-order valence-electron chi connectivity index (χ0n) is 11.8. The van der Waals surface area contributed by atoms with Crippen molar-refractivity contribution < 1.29 is 9.90 Å². The number of carboxylic acids is 1. The molecule has 1 aromatic carbocycles. The first-order valence-electron chi connectivity index (χ1n) is 6.75. The van der Waals surface area contributed by atoms with Gasteiger partial charge < -0.3 is 9.90 Å². The molecule has 0 aliphatic rings. The molecule has 21 heavy (non-hydrogen) atoms. The van der Waals surface area contributed by atoms with Crippen LogP contribution in [0.3, 0.4) is 0 Å². The number of aromatic nitrogens is 3. The summed E-state index contributed by atoms with van der Waals surface area (Å²) in [7, 11) is 0. The molecule has 0 aliphatic heterocycles. The Morgan fingerprint density at radius 1 is 1.33 bits per heavy atom. The van der Waals surface area contributed by atoms with Crippen molar-refractivity contribution in [1.29, 1.82) is 0 Å². The van der Waals surface area contributed by atoms with Crippen molar-refractivity contribution in [3.05, 3.63) is 47.8 Å². The number of nitrogens with zero attached hydrogens (tertiary/aromatic N) is 3. The summed E-state index contributed by atoms with van der Waals surface area (Å²) in [6.45, 7) is 4.71. The maximum atomic E-state index is 11.4. The van der Waals surface area contributed by atoms with Crippen LogP contribution in [0.4, 0.5) is 0 Å². The van der Waals surface area contributed by atoms with Crippen LogP contribution in [0.25, 0.3) is 22.2 Å². The highest BCUT2D eigenvalue weighted by atomic mass is 16.4. The molecule has 0 bridgehead atoms. The van der Waals surface area contributed by atoms with Gasteiger partial charge in [-0.2, -0.15) is 5.10 Å². The summed E-state index contributed by atoms with van der Waals surface area (Å²) in [6.07, 6.45) is 1.72. The Morgan fingerprint density at radius 2 is 2.10 bits per heavy atom. The van der Waals surface area contributed by atoms with Crippen LogP contribution < -0.4 is 5.11 Å². The zero-order valence-corrected chi connectivity index (χ0v) is 11.8. The molecule has 0 fully saturated rings. The zero-order chi connectivity index (χ0) is 15.0. The van der Waals surface area contributed by atoms with Crippen LogP contribution in [0.5, 0.6) is 0 Å². The van der Waals surface area contributed by atoms with Gasteiger partial charge in [-0.3, -0.25) is 4.68 Å². The van der Waals surface area contributed by atoms with E-state index < -0.39 is 5.97 Å². The Labute approximate surface area is 121 Å². The number of hydrogen-bond acceptors (Lipinski definition) is 4. The number of rotatable bonds is 3. The number of aromatic carboxylic acids is 1. The average molecular weight is 280 g/mol. The molecule has 5 nitrogen and oxygen atoms in total. The van der Waals surface area contributed by atoms with E-state index in [0.29, 0.717) is 16.6 Å². The highest BCUT2D eigenvalue weighted by Crippen LogP contribution is 2.26. The molecule has 3 aromatic rings. The molecule has 2 aromatic heterocycles. The van der Waals surface area contributed by atoms with Crippen LogP contribution in [-0.4, -0.2) is 20.7 Å². The van der Waals surface area contributed by atoms with Crippen LogP contribution in [0.1, 0.15) is 23.0 Å². The largest absolute Gasteiger partial charge is 0.545 e. The van der Waals surface area contributed by atoms with E-state index in [-0.39, 0.29) is 5.56 Å². The summed E-state index contributed by atoms with van der Waals surface area (Å²) in [5, 5.41) is 16.2. The lowest BCUT2D eigenvalue weighted by atomic mass is 10.0. The van der Waals surface area contributed by atoms with Gasteiger partial charge in [-0.15, -0.1) is 0 Å². The first kappa shape index (κ1) is 13.3. The van der Waals surface area contributed by atoms with Crippen LogP contribution in [0.2, 0.25) is 0 Å². The van der Waals surface area contributed by atoms with Crippen molar-refractivity contribution in [3.8, 4) is 11.3 Å². The average Bonchev–Trinajstić information content (AvgIpc) is 2.86. The fourth-order valence-electron chi connectivity index (χ4n) is 2.50. The van der Waals surface area contributed by atoms with Crippen molar-refractivity contribution >= 4 is 16.9 Å². The van der Waals surface area contributed by atoms with E-state index in [0.717, 1.165) is 17.8 Å². The minimum Gasteiger partial charge on any atom is -0.545 e. The van der Waals surface area contributed by atoms with E-state index >= 15 is 0 Å². The molecular formula is C16H14N3O2-. The number of benzene rings is 1. The van der Waals surface area contributed by atoms with Crippen LogP contribution in [0.15, 0.2) is 36.5 Å². The molecule has 0 unspecified atom stereocenters. The molecule has 0 aliphatic carbocycles. The monoisotopic (exact) mass is 280 g/mol. The summed E-state index contributed by atoms with van der Waals surface area (Å²) in [4.78, 5) is 15.9. The molecule has 0 radical (unpaired) electrons. The highest BCUT2D eigenvalue weighted by molar-refractivity contribution is 6.02. The van der Waals surface area contributed by atoms with Crippen LogP contribution >= 0.6 is 0 Å². The first-order valence-corrected chi connectivity index (χ1v) is 6.75. The summed E-state index contributed by atoms with van der Waals surface area (Å²) in [6, 6.07) is 8.71. The van der Waals surface area contributed by atoms with E-state index in [1.165, 1.54) is 0 Å². The lowest BCUT2D eigenvalue weighted by Gasteiger charge is -2.10. The number of aryl methyl sites for hydroxylation is 1. The molecule has 0 saturated heterocycles. The summed E-state index contributed by atoms with van der Waals surface area (Å²) >= 11 is 0. The number of carboxylic acid groups (broad SMARTS) is 1. The van der Waals surface area contributed by atoms with E-state index in [1.54, 1.807) is 30.5 Å². The van der Waals surface area contributed by atoms with Gasteiger partial charge in [-0.1, -0.05) is 18.2 Å². The van der Waals surface area contributed by atoms with E-state index in [4.69, 9.17) is 0 Å². The van der Waals surface area contributed by atoms with E-state index in [2.05, 4.69) is 10.1 Å². The van der Waals surface area contributed by atoms with Gasteiger partial charge in [0.25, 0.3) is 0 Å². The van der Waals surface area contributed by atoms with Gasteiger partial charge in [0, 0.05) is 28.8 Å². The van der Waals surface area contributed by atoms with Gasteiger partial charge in [0.15, 0.2) is 0 Å². The quantitative estimate of drug-likeness (QED) is 0.733. The van der Waals surface area contributed by atoms with Gasteiger partial charge in [0.1, 0.15) is 0 Å². The molecule has 0 N–H and O–H groups in total. The summed E-state index contributed by atoms with van der Waals surface area (Å²) < 4.78 is 1.85. The first-order chi connectivity index (χ1) is 10.1. The normalized spacial score (nSPS) is 11.0. The smallest absolute Gasteiger partial charge is 0.0750 e. The fraction of sp³-hybridized carbons (Fsp3) is 0.188. The van der Waals surface area contributed by atoms with Gasteiger partial charge in [-0.25, -0.2) is 4.98 Å². The Morgan fingerprint density at radius 3 is 2.76 bits per heavy atom. The highest BCUT2D eigenvalue weighted by Gasteiger charge is 2.12. The number of fused-ring (bicyclic) bond motifs is 1. The Hall–Kier alpha value is -2.69. The van der Waals surface area contributed by atoms with E-state index in [1.807, 2.05) is 24.6 Å². The minimum absolute atomic E-state index is 0.152. The lowest BCUT2D eigenvalue weighted by Crippen LogP contribution is -2.22. The number of carbonyl (C=O) groups excluding carboxylic acids is 1. The standard InChI is InChI=1S/C16H15N3O2/c1-3-19-10(2)13(9-17-19)15-8-12(16(20)21)11-6-4-5-7-14(11)18-15/h4-9H,3H2,1-2H3,(H,20,21)/p-1. The molecule has 3 rings (SSSR count). The predicted octanol–water partition coefficient (Wildman–Crippen LogP) is 1.79. The second-order valence-corrected chi connectivity index (χ2v) is 4.82. The Balaban J connectivity index is 2.28. The van der Waals surface area contributed by atoms with Gasteiger partial charge in [0.05, 0.1) is 23.4 Å². The summed E-state index contributed by atoms with van der Waals surface area (Å²) in [5.41, 5.74) is 3.19. The molecular weight excluding hydrogens is 266 g/mol. The number of pyridine rings is 1. The van der Waals surface area contributed by atoms with Crippen molar-refractivity contribution in [2.24, 2.45) is 0 Å². The van der Waals surface area contributed by atoms with Crippen molar-refractivity contribution in [1.82, 2.24) is 14.8 Å². The third kappa shape index (κ3) is 2.16. The molecule has 0 amide bonds. The van der Waals surface area contributed by atoms with Crippen LogP contribution in [-0.2, 0) is 6.54 Å². The van der Waals surface area contributed by atoms with Crippen LogP contribution in [0, 0.1) is 6.92 Å². The topological polar surface area (TPSA) is 70.8 Å².